The van der Waals surface area contributed by atoms with Crippen LogP contribution in [0.2, 0.25) is 0 Å². The van der Waals surface area contributed by atoms with Crippen LogP contribution in [-0.4, -0.2) is 49.5 Å². The first-order valence-electron chi connectivity index (χ1n) is 7.16. The fraction of sp³-hybridized carbons (Fsp3) is 0.357. The topological polar surface area (TPSA) is 108 Å². The third-order valence-corrected chi connectivity index (χ3v) is 4.14. The molecular formula is C14H14N6O2. The monoisotopic (exact) mass is 298 g/mol. The van der Waals surface area contributed by atoms with Crippen LogP contribution >= 0.6 is 0 Å². The molecule has 1 atom stereocenters. The van der Waals surface area contributed by atoms with Crippen LogP contribution in [0.15, 0.2) is 18.5 Å². The Labute approximate surface area is 125 Å². The normalized spacial score (nSPS) is 18.9. The van der Waals surface area contributed by atoms with Gasteiger partial charge in [0.1, 0.15) is 11.3 Å². The second-order valence-corrected chi connectivity index (χ2v) is 5.48. The predicted molar refractivity (Wildman–Crippen MR) is 79.6 cm³/mol. The lowest BCUT2D eigenvalue weighted by Crippen LogP contribution is -2.39. The number of fused-ring (bicyclic) bond motifs is 3. The van der Waals surface area contributed by atoms with Crippen molar-refractivity contribution in [3.05, 3.63) is 18.5 Å². The lowest BCUT2D eigenvalue weighted by atomic mass is 9.98. The number of aromatic nitrogens is 5. The van der Waals surface area contributed by atoms with E-state index < -0.39 is 5.97 Å². The molecule has 1 saturated heterocycles. The third kappa shape index (κ3) is 1.95. The largest absolute Gasteiger partial charge is 0.481 e. The van der Waals surface area contributed by atoms with Gasteiger partial charge in [-0.3, -0.25) is 9.89 Å². The van der Waals surface area contributed by atoms with Gasteiger partial charge < -0.3 is 10.0 Å². The molecule has 0 amide bonds. The highest BCUT2D eigenvalue weighted by Gasteiger charge is 2.27. The Morgan fingerprint density at radius 3 is 3.18 bits per heavy atom. The number of carbonyl (C=O) groups is 1. The van der Waals surface area contributed by atoms with Crippen LogP contribution in [0.5, 0.6) is 0 Å². The van der Waals surface area contributed by atoms with Gasteiger partial charge in [-0.1, -0.05) is 0 Å². The molecule has 4 rings (SSSR count). The van der Waals surface area contributed by atoms with E-state index in [1.807, 2.05) is 11.0 Å². The number of aromatic amines is 1. The first kappa shape index (κ1) is 12.9. The number of rotatable bonds is 2. The van der Waals surface area contributed by atoms with E-state index in [1.54, 1.807) is 12.4 Å². The van der Waals surface area contributed by atoms with Gasteiger partial charge in [-0.15, -0.1) is 10.2 Å². The molecule has 2 N–H and O–H groups in total. The van der Waals surface area contributed by atoms with Gasteiger partial charge in [-0.05, 0) is 18.9 Å². The Morgan fingerprint density at radius 1 is 1.41 bits per heavy atom. The maximum absolute atomic E-state index is 11.3. The molecule has 4 heterocycles. The molecule has 0 radical (unpaired) electrons. The third-order valence-electron chi connectivity index (χ3n) is 4.14. The zero-order valence-electron chi connectivity index (χ0n) is 11.7. The molecule has 22 heavy (non-hydrogen) atoms. The standard InChI is InChI=1S/C14H14N6O2/c21-14(22)8-2-1-5-20(7-8)13-11-9-3-4-15-12(9)18-17-10(11)6-16-19-13/h3-4,6,8,19H,1-2,5,7H2,(H,21,22). The first-order valence-corrected chi connectivity index (χ1v) is 7.16. The molecule has 0 aromatic carbocycles. The number of piperidine rings is 1. The van der Waals surface area contributed by atoms with Gasteiger partial charge >= 0.3 is 5.97 Å². The van der Waals surface area contributed by atoms with E-state index in [9.17, 15) is 9.90 Å². The zero-order chi connectivity index (χ0) is 15.1. The van der Waals surface area contributed by atoms with Gasteiger partial charge in [0.2, 0.25) is 0 Å². The number of nitrogens with zero attached hydrogens (tertiary/aromatic N) is 5. The number of hydrogen-bond donors (Lipinski definition) is 2. The van der Waals surface area contributed by atoms with Crippen molar-refractivity contribution in [3.63, 3.8) is 0 Å². The number of nitrogens with one attached hydrogen (secondary N) is 1. The number of hydrogen-bond acceptors (Lipinski definition) is 6. The van der Waals surface area contributed by atoms with Crippen molar-refractivity contribution >= 4 is 33.7 Å². The molecular weight excluding hydrogens is 284 g/mol. The maximum atomic E-state index is 11.3. The van der Waals surface area contributed by atoms with Crippen LogP contribution < -0.4 is 4.90 Å². The number of carboxylic acid groups (broad SMARTS) is 1. The minimum atomic E-state index is -0.752. The molecule has 0 saturated carbocycles. The van der Waals surface area contributed by atoms with E-state index in [2.05, 4.69) is 25.4 Å². The summed E-state index contributed by atoms with van der Waals surface area (Å²) in [5.41, 5.74) is 1.26. The lowest BCUT2D eigenvalue weighted by Gasteiger charge is -2.32. The summed E-state index contributed by atoms with van der Waals surface area (Å²) in [6.45, 7) is 1.25. The summed E-state index contributed by atoms with van der Waals surface area (Å²) in [7, 11) is 0. The molecule has 3 aromatic rings. The van der Waals surface area contributed by atoms with Crippen molar-refractivity contribution in [2.24, 2.45) is 5.92 Å². The van der Waals surface area contributed by atoms with Crippen molar-refractivity contribution in [3.8, 4) is 0 Å². The molecule has 0 bridgehead atoms. The zero-order valence-corrected chi connectivity index (χ0v) is 11.7. The molecule has 112 valence electrons. The molecule has 1 unspecified atom stereocenters. The second-order valence-electron chi connectivity index (χ2n) is 5.48. The Bertz CT molecular complexity index is 861. The van der Waals surface area contributed by atoms with Crippen molar-refractivity contribution < 1.29 is 9.90 Å². The lowest BCUT2D eigenvalue weighted by molar-refractivity contribution is -0.141. The Morgan fingerprint density at radius 2 is 2.32 bits per heavy atom. The summed E-state index contributed by atoms with van der Waals surface area (Å²) in [6, 6.07) is 1.89. The molecule has 0 spiro atoms. The minimum Gasteiger partial charge on any atom is -0.481 e. The van der Waals surface area contributed by atoms with Gasteiger partial charge in [0.15, 0.2) is 5.65 Å². The van der Waals surface area contributed by atoms with Crippen LogP contribution in [0.4, 0.5) is 5.82 Å². The second kappa shape index (κ2) is 4.90. The Balaban J connectivity index is 1.87. The van der Waals surface area contributed by atoms with Gasteiger partial charge in [-0.2, -0.15) is 5.10 Å². The van der Waals surface area contributed by atoms with Gasteiger partial charge in [0.05, 0.1) is 17.5 Å². The van der Waals surface area contributed by atoms with Crippen molar-refractivity contribution in [2.45, 2.75) is 12.8 Å². The fourth-order valence-electron chi connectivity index (χ4n) is 3.05. The minimum absolute atomic E-state index is 0.361. The molecule has 1 aliphatic heterocycles. The fourth-order valence-corrected chi connectivity index (χ4v) is 3.05. The smallest absolute Gasteiger partial charge is 0.308 e. The van der Waals surface area contributed by atoms with Crippen LogP contribution in [0.3, 0.4) is 0 Å². The van der Waals surface area contributed by atoms with Crippen molar-refractivity contribution in [2.75, 3.05) is 18.0 Å². The van der Waals surface area contributed by atoms with E-state index in [4.69, 9.17) is 0 Å². The number of carboxylic acids is 1. The number of aliphatic carboxylic acids is 1. The first-order chi connectivity index (χ1) is 10.7. The van der Waals surface area contributed by atoms with Crippen LogP contribution in [0.1, 0.15) is 12.8 Å². The van der Waals surface area contributed by atoms with E-state index >= 15 is 0 Å². The average molecular weight is 298 g/mol. The quantitative estimate of drug-likeness (QED) is 0.731. The highest BCUT2D eigenvalue weighted by molar-refractivity contribution is 6.08. The Hall–Kier alpha value is -2.77. The summed E-state index contributed by atoms with van der Waals surface area (Å²) in [6.07, 6.45) is 4.86. The van der Waals surface area contributed by atoms with Gasteiger partial charge in [-0.25, -0.2) is 4.98 Å². The molecule has 8 heteroatoms. The summed E-state index contributed by atoms with van der Waals surface area (Å²) in [4.78, 5) is 17.5. The number of H-pyrrole nitrogens is 1. The summed E-state index contributed by atoms with van der Waals surface area (Å²) in [5, 5.41) is 26.4. The molecule has 0 aliphatic carbocycles. The van der Waals surface area contributed by atoms with Crippen molar-refractivity contribution in [1.82, 2.24) is 25.4 Å². The number of anilines is 1. The van der Waals surface area contributed by atoms with E-state index in [0.717, 1.165) is 29.6 Å². The summed E-state index contributed by atoms with van der Waals surface area (Å²) in [5.74, 6) is -0.324. The predicted octanol–water partition coefficient (Wildman–Crippen LogP) is 1.20. The highest BCUT2D eigenvalue weighted by Crippen LogP contribution is 2.31. The van der Waals surface area contributed by atoms with Gasteiger partial charge in [0.25, 0.3) is 0 Å². The van der Waals surface area contributed by atoms with Crippen LogP contribution in [0, 0.1) is 5.92 Å². The molecule has 3 aromatic heterocycles. The molecule has 1 fully saturated rings. The van der Waals surface area contributed by atoms with Crippen molar-refractivity contribution in [1.29, 1.82) is 0 Å². The van der Waals surface area contributed by atoms with Crippen LogP contribution in [-0.2, 0) is 4.79 Å². The molecule has 1 aliphatic rings. The summed E-state index contributed by atoms with van der Waals surface area (Å²) >= 11 is 0. The van der Waals surface area contributed by atoms with E-state index in [1.165, 1.54) is 0 Å². The van der Waals surface area contributed by atoms with E-state index in [0.29, 0.717) is 24.1 Å². The Kier molecular flexibility index (Phi) is 2.88. The SMILES string of the molecule is O=C(O)C1CCCN(c2[nH]ncc3nnc4nccc4c23)C1. The molecule has 8 nitrogen and oxygen atoms in total. The average Bonchev–Trinajstić information content (AvgIpc) is 3.03. The maximum Gasteiger partial charge on any atom is 0.308 e. The van der Waals surface area contributed by atoms with E-state index in [-0.39, 0.29) is 5.92 Å². The summed E-state index contributed by atoms with van der Waals surface area (Å²) < 4.78 is 0. The van der Waals surface area contributed by atoms with Gasteiger partial charge in [0, 0.05) is 24.7 Å². The van der Waals surface area contributed by atoms with Crippen LogP contribution in [0.25, 0.3) is 21.9 Å². The highest BCUT2D eigenvalue weighted by atomic mass is 16.4.